The van der Waals surface area contributed by atoms with E-state index in [0.29, 0.717) is 25.3 Å². The molecule has 0 aliphatic carbocycles. The quantitative estimate of drug-likeness (QED) is 0.676. The molecule has 2 rings (SSSR count). The van der Waals surface area contributed by atoms with Gasteiger partial charge in [0.05, 0.1) is 6.61 Å². The van der Waals surface area contributed by atoms with Gasteiger partial charge < -0.3 is 10.5 Å². The molecule has 0 radical (unpaired) electrons. The first kappa shape index (κ1) is 22.4. The largest absolute Gasteiger partial charge is 0.448 e. The highest BCUT2D eigenvalue weighted by atomic mass is 16.6. The lowest BCUT2D eigenvalue weighted by Crippen LogP contribution is -2.52. The van der Waals surface area contributed by atoms with Crippen molar-refractivity contribution in [1.29, 1.82) is 0 Å². The van der Waals surface area contributed by atoms with Gasteiger partial charge in [-0.1, -0.05) is 31.9 Å². The van der Waals surface area contributed by atoms with Crippen LogP contribution in [-0.2, 0) is 11.2 Å². The minimum atomic E-state index is -0.575. The highest BCUT2D eigenvalue weighted by molar-refractivity contribution is 6.02. The Kier molecular flexibility index (Phi) is 8.45. The zero-order valence-electron chi connectivity index (χ0n) is 17.6. The van der Waals surface area contributed by atoms with Crippen LogP contribution in [0.1, 0.15) is 75.2 Å². The second kappa shape index (κ2) is 10.6. The monoisotopic (exact) mass is 389 g/mol. The van der Waals surface area contributed by atoms with Crippen LogP contribution in [0.5, 0.6) is 0 Å². The number of carbonyl (C=O) groups excluding carboxylic acids is 2. The summed E-state index contributed by atoms with van der Waals surface area (Å²) in [4.78, 5) is 25.7. The summed E-state index contributed by atoms with van der Waals surface area (Å²) in [6, 6.07) is 7.46. The topological polar surface area (TPSA) is 75.9 Å². The minimum absolute atomic E-state index is 0.220. The molecule has 0 aromatic heterocycles. The Balaban J connectivity index is 2.10. The highest BCUT2D eigenvalue weighted by Crippen LogP contribution is 2.18. The molecular weight excluding hydrogens is 354 g/mol. The molecule has 0 atom stereocenters. The van der Waals surface area contributed by atoms with Crippen LogP contribution in [0.3, 0.4) is 0 Å². The number of benzene rings is 1. The molecule has 1 aliphatic rings. The second-order valence-electron chi connectivity index (χ2n) is 8.28. The molecule has 0 spiro atoms. The second-order valence-corrected chi connectivity index (χ2v) is 8.28. The predicted molar refractivity (Wildman–Crippen MR) is 111 cm³/mol. The number of piperidine rings is 1. The van der Waals surface area contributed by atoms with Crippen LogP contribution in [-0.4, -0.2) is 47.3 Å². The highest BCUT2D eigenvalue weighted by Gasteiger charge is 2.31. The summed E-state index contributed by atoms with van der Waals surface area (Å²) in [5.41, 5.74) is 7.45. The van der Waals surface area contributed by atoms with Crippen molar-refractivity contribution in [2.24, 2.45) is 5.73 Å². The number of amides is 2. The molecule has 0 bridgehead atoms. The summed E-state index contributed by atoms with van der Waals surface area (Å²) in [6.07, 6.45) is 5.94. The van der Waals surface area contributed by atoms with E-state index >= 15 is 0 Å². The number of hydrazine groups is 1. The fourth-order valence-corrected chi connectivity index (χ4v) is 3.17. The summed E-state index contributed by atoms with van der Waals surface area (Å²) in [5.74, 6) is -0.325. The number of rotatable bonds is 8. The van der Waals surface area contributed by atoms with Gasteiger partial charge in [0.15, 0.2) is 0 Å². The standard InChI is InChI=1S/C22H35N3O3/c1-4-5-17-28-21(27)25(24-15-7-6-8-16-24)20(26)19-11-9-18(10-12-19)13-14-22(2,3)23/h9-12H,4-8,13-17,23H2,1-3H3. The maximum Gasteiger partial charge on any atom is 0.431 e. The molecule has 6 nitrogen and oxygen atoms in total. The van der Waals surface area contributed by atoms with Gasteiger partial charge in [-0.05, 0) is 63.6 Å². The third-order valence-corrected chi connectivity index (χ3v) is 4.96. The minimum Gasteiger partial charge on any atom is -0.448 e. The normalized spacial score (nSPS) is 15.3. The third kappa shape index (κ3) is 6.91. The summed E-state index contributed by atoms with van der Waals surface area (Å²) in [6.45, 7) is 7.77. The Bertz CT molecular complexity index is 631. The molecule has 1 aromatic rings. The Labute approximate surface area is 169 Å². The lowest BCUT2D eigenvalue weighted by atomic mass is 9.96. The van der Waals surface area contributed by atoms with Gasteiger partial charge in [0.25, 0.3) is 5.91 Å². The van der Waals surface area contributed by atoms with Gasteiger partial charge in [0, 0.05) is 24.2 Å². The Morgan fingerprint density at radius 2 is 1.79 bits per heavy atom. The average Bonchev–Trinajstić information content (AvgIpc) is 2.67. The molecule has 1 saturated heterocycles. The van der Waals surface area contributed by atoms with Crippen LogP contribution in [0.25, 0.3) is 0 Å². The van der Waals surface area contributed by atoms with E-state index in [1.54, 1.807) is 12.1 Å². The van der Waals surface area contributed by atoms with Gasteiger partial charge in [0.2, 0.25) is 0 Å². The van der Waals surface area contributed by atoms with Crippen molar-refractivity contribution in [1.82, 2.24) is 10.0 Å². The Morgan fingerprint density at radius 3 is 2.36 bits per heavy atom. The lowest BCUT2D eigenvalue weighted by Gasteiger charge is -2.35. The van der Waals surface area contributed by atoms with Gasteiger partial charge >= 0.3 is 6.09 Å². The number of nitrogens with two attached hydrogens (primary N) is 1. The summed E-state index contributed by atoms with van der Waals surface area (Å²) in [5, 5.41) is 3.03. The Hall–Kier alpha value is -1.92. The summed E-state index contributed by atoms with van der Waals surface area (Å²) in [7, 11) is 0. The van der Waals surface area contributed by atoms with Crippen molar-refractivity contribution >= 4 is 12.0 Å². The number of aryl methyl sites for hydroxylation is 1. The van der Waals surface area contributed by atoms with E-state index in [-0.39, 0.29) is 11.4 Å². The smallest absolute Gasteiger partial charge is 0.431 e. The van der Waals surface area contributed by atoms with Gasteiger partial charge in [-0.25, -0.2) is 9.80 Å². The van der Waals surface area contributed by atoms with Crippen LogP contribution in [0.4, 0.5) is 4.79 Å². The number of hydrogen-bond acceptors (Lipinski definition) is 5. The van der Waals surface area contributed by atoms with E-state index in [1.165, 1.54) is 5.01 Å². The number of nitrogens with zero attached hydrogens (tertiary/aromatic N) is 2. The van der Waals surface area contributed by atoms with Gasteiger partial charge in [-0.3, -0.25) is 4.79 Å². The van der Waals surface area contributed by atoms with Crippen LogP contribution >= 0.6 is 0 Å². The SMILES string of the molecule is CCCCOC(=O)N(C(=O)c1ccc(CCC(C)(C)N)cc1)N1CCCCC1. The number of imide groups is 1. The molecule has 6 heteroatoms. The van der Waals surface area contributed by atoms with Crippen molar-refractivity contribution in [2.45, 2.75) is 71.3 Å². The van der Waals surface area contributed by atoms with E-state index in [9.17, 15) is 9.59 Å². The van der Waals surface area contributed by atoms with Crippen LogP contribution in [0.2, 0.25) is 0 Å². The van der Waals surface area contributed by atoms with E-state index in [2.05, 4.69) is 0 Å². The zero-order valence-corrected chi connectivity index (χ0v) is 17.6. The molecule has 28 heavy (non-hydrogen) atoms. The number of ether oxygens (including phenoxy) is 1. The van der Waals surface area contributed by atoms with Crippen molar-refractivity contribution in [3.63, 3.8) is 0 Å². The van der Waals surface area contributed by atoms with Crippen molar-refractivity contribution in [3.05, 3.63) is 35.4 Å². The van der Waals surface area contributed by atoms with Gasteiger partial charge in [-0.2, -0.15) is 5.01 Å². The fraction of sp³-hybridized carbons (Fsp3) is 0.636. The summed E-state index contributed by atoms with van der Waals surface area (Å²) >= 11 is 0. The molecule has 2 amide bonds. The predicted octanol–water partition coefficient (Wildman–Crippen LogP) is 4.14. The molecule has 1 aliphatic heterocycles. The van der Waals surface area contributed by atoms with Crippen LogP contribution in [0, 0.1) is 0 Å². The first-order valence-electron chi connectivity index (χ1n) is 10.5. The van der Waals surface area contributed by atoms with Crippen molar-refractivity contribution in [3.8, 4) is 0 Å². The summed E-state index contributed by atoms with van der Waals surface area (Å²) < 4.78 is 5.35. The molecule has 1 fully saturated rings. The molecular formula is C22H35N3O3. The molecule has 1 heterocycles. The maximum absolute atomic E-state index is 13.1. The first-order chi connectivity index (χ1) is 13.3. The molecule has 1 aromatic carbocycles. The van der Waals surface area contributed by atoms with Crippen LogP contribution < -0.4 is 5.73 Å². The molecule has 2 N–H and O–H groups in total. The molecule has 0 saturated carbocycles. The van der Waals surface area contributed by atoms with Gasteiger partial charge in [0.1, 0.15) is 0 Å². The first-order valence-corrected chi connectivity index (χ1v) is 10.5. The lowest BCUT2D eigenvalue weighted by molar-refractivity contribution is -0.0202. The van der Waals surface area contributed by atoms with Crippen molar-refractivity contribution < 1.29 is 14.3 Å². The van der Waals surface area contributed by atoms with E-state index in [0.717, 1.165) is 50.5 Å². The average molecular weight is 390 g/mol. The zero-order chi connectivity index (χ0) is 20.6. The molecule has 0 unspecified atom stereocenters. The number of unbranched alkanes of at least 4 members (excludes halogenated alkanes) is 1. The number of carbonyl (C=O) groups is 2. The fourth-order valence-electron chi connectivity index (χ4n) is 3.17. The van der Waals surface area contributed by atoms with E-state index in [4.69, 9.17) is 10.5 Å². The maximum atomic E-state index is 13.1. The molecule has 156 valence electrons. The number of hydrogen-bond donors (Lipinski definition) is 1. The van der Waals surface area contributed by atoms with Crippen molar-refractivity contribution in [2.75, 3.05) is 19.7 Å². The Morgan fingerprint density at radius 1 is 1.14 bits per heavy atom. The van der Waals surface area contributed by atoms with E-state index < -0.39 is 6.09 Å². The third-order valence-electron chi connectivity index (χ3n) is 4.96. The van der Waals surface area contributed by atoms with Crippen LogP contribution in [0.15, 0.2) is 24.3 Å². The van der Waals surface area contributed by atoms with Gasteiger partial charge in [-0.15, -0.1) is 0 Å². The van der Waals surface area contributed by atoms with E-state index in [1.807, 2.05) is 37.9 Å².